The second-order valence-corrected chi connectivity index (χ2v) is 9.19. The normalized spacial score (nSPS) is 15.8. The zero-order chi connectivity index (χ0) is 22.6. The van der Waals surface area contributed by atoms with Gasteiger partial charge in [-0.1, -0.05) is 28.7 Å². The smallest absolute Gasteiger partial charge is 0.283 e. The van der Waals surface area contributed by atoms with E-state index in [1.165, 1.54) is 17.7 Å². The number of nitrogens with one attached hydrogen (secondary N) is 1. The number of anilines is 1. The van der Waals surface area contributed by atoms with Gasteiger partial charge >= 0.3 is 0 Å². The molecule has 0 spiro atoms. The topological polar surface area (TPSA) is 35.6 Å². The number of piperazine rings is 1. The first-order valence-electron chi connectivity index (χ1n) is 10.8. The highest BCUT2D eigenvalue weighted by atomic mass is 31.0. The van der Waals surface area contributed by atoms with Crippen molar-refractivity contribution >= 4 is 20.8 Å². The van der Waals surface area contributed by atoms with Gasteiger partial charge in [0.1, 0.15) is 0 Å². The Morgan fingerprint density at radius 2 is 1.84 bits per heavy atom. The summed E-state index contributed by atoms with van der Waals surface area (Å²) in [4.78, 5) is 17.4. The molecule has 7 heteroatoms. The Balaban J connectivity index is 1.81. The number of carbonyl (C=O) groups excluding carboxylic acids is 1. The van der Waals surface area contributed by atoms with Gasteiger partial charge in [0.15, 0.2) is 0 Å². The minimum Gasteiger partial charge on any atom is -0.322 e. The summed E-state index contributed by atoms with van der Waals surface area (Å²) in [7, 11) is 3.65. The highest BCUT2D eigenvalue weighted by molar-refractivity contribution is 7.17. The number of alkyl halides is 2. The van der Waals surface area contributed by atoms with Crippen LogP contribution in [0.4, 0.5) is 14.5 Å². The molecule has 3 rings (SSSR count). The molecule has 0 saturated carbocycles. The molecule has 2 aromatic carbocycles. The molecule has 0 aliphatic carbocycles. The third kappa shape index (κ3) is 6.55. The molecule has 0 radical (unpaired) electrons. The Morgan fingerprint density at radius 1 is 1.13 bits per heavy atom. The van der Waals surface area contributed by atoms with E-state index in [9.17, 15) is 13.6 Å². The highest BCUT2D eigenvalue weighted by Gasteiger charge is 2.27. The van der Waals surface area contributed by atoms with Crippen LogP contribution in [0.5, 0.6) is 0 Å². The number of nitrogens with zero attached hydrogens (tertiary/aromatic N) is 2. The SMILES string of the molecule is CCCc1ccc(NC(=O)c2cc(CN3CCN(C)CC3)cc(C(F)(F)P)c2)cc1C. The number of hydrogen-bond donors (Lipinski definition) is 1. The summed E-state index contributed by atoms with van der Waals surface area (Å²) < 4.78 is 28.2. The van der Waals surface area contributed by atoms with Gasteiger partial charge in [-0.05, 0) is 67.4 Å². The van der Waals surface area contributed by atoms with Crippen molar-refractivity contribution in [3.05, 3.63) is 64.2 Å². The van der Waals surface area contributed by atoms with Gasteiger partial charge in [-0.2, -0.15) is 8.78 Å². The Bertz CT molecular complexity index is 922. The molecule has 1 unspecified atom stereocenters. The van der Waals surface area contributed by atoms with Crippen molar-refractivity contribution in [1.29, 1.82) is 0 Å². The fraction of sp³-hybridized carbons (Fsp3) is 0.458. The Hall–Kier alpha value is -1.88. The van der Waals surface area contributed by atoms with Crippen molar-refractivity contribution in [2.75, 3.05) is 38.5 Å². The zero-order valence-electron chi connectivity index (χ0n) is 18.5. The minimum absolute atomic E-state index is 0.163. The number of rotatable bonds is 7. The summed E-state index contributed by atoms with van der Waals surface area (Å²) >= 11 is 0. The Kier molecular flexibility index (Phi) is 7.79. The summed E-state index contributed by atoms with van der Waals surface area (Å²) in [6.07, 6.45) is 2.04. The molecular formula is C24H32F2N3OP. The molecule has 1 amide bonds. The number of likely N-dealkylation sites (N-methyl/N-ethyl adjacent to an activating group) is 1. The predicted octanol–water partition coefficient (Wildman–Crippen LogP) is 4.87. The van der Waals surface area contributed by atoms with Crippen LogP contribution >= 0.6 is 9.24 Å². The van der Waals surface area contributed by atoms with Crippen LogP contribution in [0.25, 0.3) is 0 Å². The molecule has 0 bridgehead atoms. The van der Waals surface area contributed by atoms with Crippen LogP contribution in [0, 0.1) is 6.92 Å². The first kappa shape index (κ1) is 23.8. The van der Waals surface area contributed by atoms with E-state index in [2.05, 4.69) is 29.1 Å². The summed E-state index contributed by atoms with van der Waals surface area (Å²) in [6.45, 7) is 8.34. The lowest BCUT2D eigenvalue weighted by Crippen LogP contribution is -2.43. The van der Waals surface area contributed by atoms with Crippen LogP contribution in [0.3, 0.4) is 0 Å². The van der Waals surface area contributed by atoms with Gasteiger partial charge in [0.25, 0.3) is 11.6 Å². The van der Waals surface area contributed by atoms with Crippen LogP contribution in [0.2, 0.25) is 0 Å². The van der Waals surface area contributed by atoms with Gasteiger partial charge in [-0.15, -0.1) is 0 Å². The standard InChI is InChI=1S/C24H32F2N3OP/c1-4-5-19-6-7-22(12-17(19)2)27-23(30)20-13-18(14-21(15-20)24(25,26)31)16-29-10-8-28(3)9-11-29/h6-7,12-15H,4-5,8-11,16,31H2,1-3H3,(H,27,30). The molecule has 168 valence electrons. The van der Waals surface area contributed by atoms with Gasteiger partial charge in [0.2, 0.25) is 0 Å². The molecule has 1 fully saturated rings. The number of carbonyl (C=O) groups is 1. The van der Waals surface area contributed by atoms with Crippen LogP contribution in [-0.2, 0) is 18.6 Å². The fourth-order valence-corrected chi connectivity index (χ4v) is 4.06. The predicted molar refractivity (Wildman–Crippen MR) is 126 cm³/mol. The average molecular weight is 448 g/mol. The van der Waals surface area contributed by atoms with E-state index in [-0.39, 0.29) is 17.0 Å². The molecule has 1 aliphatic heterocycles. The molecule has 31 heavy (non-hydrogen) atoms. The van der Waals surface area contributed by atoms with Crippen molar-refractivity contribution in [2.24, 2.45) is 0 Å². The maximum atomic E-state index is 14.1. The molecule has 4 nitrogen and oxygen atoms in total. The number of amides is 1. The van der Waals surface area contributed by atoms with E-state index in [1.807, 2.05) is 25.1 Å². The fourth-order valence-electron chi connectivity index (χ4n) is 3.90. The maximum absolute atomic E-state index is 14.1. The molecule has 1 saturated heterocycles. The molecule has 2 aromatic rings. The van der Waals surface area contributed by atoms with E-state index >= 15 is 0 Å². The van der Waals surface area contributed by atoms with Crippen molar-refractivity contribution < 1.29 is 13.6 Å². The van der Waals surface area contributed by atoms with Crippen LogP contribution < -0.4 is 5.32 Å². The number of hydrogen-bond acceptors (Lipinski definition) is 3. The van der Waals surface area contributed by atoms with E-state index in [4.69, 9.17) is 0 Å². The van der Waals surface area contributed by atoms with Gasteiger partial charge < -0.3 is 10.2 Å². The third-order valence-corrected chi connectivity index (χ3v) is 6.10. The maximum Gasteiger partial charge on any atom is 0.283 e. The summed E-state index contributed by atoms with van der Waals surface area (Å²) in [5, 5.41) is 2.87. The lowest BCUT2D eigenvalue weighted by molar-refractivity contribution is 0.101. The van der Waals surface area contributed by atoms with Gasteiger partial charge in [-0.3, -0.25) is 9.69 Å². The molecular weight excluding hydrogens is 415 g/mol. The monoisotopic (exact) mass is 447 g/mol. The van der Waals surface area contributed by atoms with Gasteiger partial charge in [0, 0.05) is 49.5 Å². The first-order chi connectivity index (χ1) is 14.7. The molecule has 0 aromatic heterocycles. The number of halogens is 2. The molecule has 1 atom stereocenters. The van der Waals surface area contributed by atoms with Crippen LogP contribution in [0.1, 0.15) is 46.0 Å². The van der Waals surface area contributed by atoms with E-state index in [1.54, 1.807) is 15.3 Å². The quantitative estimate of drug-likeness (QED) is 0.615. The van der Waals surface area contributed by atoms with Gasteiger partial charge in [-0.25, -0.2) is 0 Å². The van der Waals surface area contributed by atoms with Crippen molar-refractivity contribution in [1.82, 2.24) is 9.80 Å². The van der Waals surface area contributed by atoms with Gasteiger partial charge in [0.05, 0.1) is 0 Å². The average Bonchev–Trinajstić information content (AvgIpc) is 2.71. The molecule has 1 N–H and O–H groups in total. The Morgan fingerprint density at radius 3 is 2.45 bits per heavy atom. The highest BCUT2D eigenvalue weighted by Crippen LogP contribution is 2.36. The van der Waals surface area contributed by atoms with Crippen molar-refractivity contribution in [3.63, 3.8) is 0 Å². The summed E-state index contributed by atoms with van der Waals surface area (Å²) in [5.74, 6) is -0.377. The summed E-state index contributed by atoms with van der Waals surface area (Å²) in [6, 6.07) is 10.3. The van der Waals surface area contributed by atoms with Crippen molar-refractivity contribution in [3.8, 4) is 0 Å². The van der Waals surface area contributed by atoms with E-state index in [0.29, 0.717) is 12.2 Å². The van der Waals surface area contributed by atoms with Crippen LogP contribution in [-0.4, -0.2) is 48.9 Å². The molecule has 1 heterocycles. The third-order valence-electron chi connectivity index (χ3n) is 5.76. The van der Waals surface area contributed by atoms with E-state index < -0.39 is 5.66 Å². The van der Waals surface area contributed by atoms with E-state index in [0.717, 1.165) is 50.1 Å². The number of aryl methyl sites for hydroxylation is 2. The van der Waals surface area contributed by atoms with Crippen molar-refractivity contribution in [2.45, 2.75) is 38.9 Å². The lowest BCUT2D eigenvalue weighted by atomic mass is 10.0. The lowest BCUT2D eigenvalue weighted by Gasteiger charge is -2.32. The van der Waals surface area contributed by atoms with Crippen LogP contribution in [0.15, 0.2) is 36.4 Å². The first-order valence-corrected chi connectivity index (χ1v) is 11.4. The second kappa shape index (κ2) is 10.2. The Labute approximate surface area is 186 Å². The largest absolute Gasteiger partial charge is 0.322 e. The minimum atomic E-state index is -3.09. The summed E-state index contributed by atoms with van der Waals surface area (Å²) in [5.41, 5.74) is 0.754. The number of benzene rings is 2. The zero-order valence-corrected chi connectivity index (χ0v) is 19.7. The molecule has 1 aliphatic rings. The second-order valence-electron chi connectivity index (χ2n) is 8.47.